The zero-order valence-corrected chi connectivity index (χ0v) is 11.0. The molecule has 0 radical (unpaired) electrons. The van der Waals surface area contributed by atoms with E-state index in [9.17, 15) is 10.1 Å². The molecule has 1 aromatic carbocycles. The lowest BCUT2D eigenvalue weighted by Crippen LogP contribution is -2.14. The maximum absolute atomic E-state index is 10.9. The summed E-state index contributed by atoms with van der Waals surface area (Å²) in [4.78, 5) is 10.5. The Kier molecular flexibility index (Phi) is 4.13. The van der Waals surface area contributed by atoms with Crippen molar-refractivity contribution in [3.8, 4) is 0 Å². The van der Waals surface area contributed by atoms with E-state index >= 15 is 0 Å². The summed E-state index contributed by atoms with van der Waals surface area (Å²) in [5.74, 6) is 0.723. The van der Waals surface area contributed by atoms with Crippen LogP contribution in [0.3, 0.4) is 0 Å². The Labute approximate surface area is 114 Å². The molecule has 0 atom stereocenters. The molecular formula is C12H12ClN3O3. The zero-order valence-electron chi connectivity index (χ0n) is 10.2. The summed E-state index contributed by atoms with van der Waals surface area (Å²) >= 11 is 5.98. The van der Waals surface area contributed by atoms with Crippen LogP contribution in [0.25, 0.3) is 0 Å². The summed E-state index contributed by atoms with van der Waals surface area (Å²) in [5, 5.41) is 18.2. The topological polar surface area (TPSA) is 81.2 Å². The molecule has 0 aliphatic heterocycles. The molecule has 7 heteroatoms. The Hall–Kier alpha value is -1.92. The van der Waals surface area contributed by atoms with Crippen molar-refractivity contribution in [2.45, 2.75) is 20.0 Å². The van der Waals surface area contributed by atoms with Gasteiger partial charge in [0, 0.05) is 25.2 Å². The first kappa shape index (κ1) is 13.5. The number of aromatic nitrogens is 1. The maximum Gasteiger partial charge on any atom is 0.275 e. The van der Waals surface area contributed by atoms with E-state index in [2.05, 4.69) is 10.5 Å². The van der Waals surface area contributed by atoms with Crippen molar-refractivity contribution in [2.24, 2.45) is 0 Å². The lowest BCUT2D eigenvalue weighted by atomic mass is 10.2. The second-order valence-electron chi connectivity index (χ2n) is 4.03. The largest absolute Gasteiger partial charge is 0.361 e. The molecule has 0 saturated heterocycles. The van der Waals surface area contributed by atoms with Crippen LogP contribution in [-0.2, 0) is 13.1 Å². The highest BCUT2D eigenvalue weighted by Gasteiger charge is 2.16. The van der Waals surface area contributed by atoms with Gasteiger partial charge < -0.3 is 9.84 Å². The van der Waals surface area contributed by atoms with Gasteiger partial charge in [0.05, 0.1) is 21.2 Å². The van der Waals surface area contributed by atoms with Gasteiger partial charge in [0.15, 0.2) is 0 Å². The van der Waals surface area contributed by atoms with E-state index in [4.69, 9.17) is 16.1 Å². The summed E-state index contributed by atoms with van der Waals surface area (Å²) < 4.78 is 4.93. The zero-order chi connectivity index (χ0) is 13.8. The van der Waals surface area contributed by atoms with Crippen molar-refractivity contribution >= 4 is 17.3 Å². The number of benzene rings is 1. The standard InChI is InChI=1S/C12H12ClN3O3/c1-8-5-9(15-19-8)6-14-7-10-11(13)3-2-4-12(10)16(17)18/h2-5,14H,6-7H2,1H3. The predicted molar refractivity (Wildman–Crippen MR) is 69.9 cm³/mol. The molecule has 19 heavy (non-hydrogen) atoms. The second kappa shape index (κ2) is 5.81. The van der Waals surface area contributed by atoms with E-state index < -0.39 is 4.92 Å². The Bertz CT molecular complexity index is 598. The Morgan fingerprint density at radius 2 is 2.26 bits per heavy atom. The molecule has 6 nitrogen and oxygen atoms in total. The maximum atomic E-state index is 10.9. The molecule has 1 aromatic heterocycles. The van der Waals surface area contributed by atoms with E-state index in [1.807, 2.05) is 0 Å². The van der Waals surface area contributed by atoms with Crippen LogP contribution in [-0.4, -0.2) is 10.1 Å². The number of aryl methyl sites for hydroxylation is 1. The first-order valence-electron chi connectivity index (χ1n) is 5.62. The third-order valence-electron chi connectivity index (χ3n) is 2.58. The minimum atomic E-state index is -0.441. The van der Waals surface area contributed by atoms with Crippen molar-refractivity contribution in [1.29, 1.82) is 0 Å². The molecular weight excluding hydrogens is 270 g/mol. The molecule has 0 bridgehead atoms. The van der Waals surface area contributed by atoms with E-state index in [1.54, 1.807) is 25.1 Å². The third-order valence-corrected chi connectivity index (χ3v) is 2.93. The van der Waals surface area contributed by atoms with Crippen LogP contribution in [0.4, 0.5) is 5.69 Å². The predicted octanol–water partition coefficient (Wildman–Crippen LogP) is 2.83. The molecule has 0 aliphatic rings. The van der Waals surface area contributed by atoms with Gasteiger partial charge in [-0.15, -0.1) is 0 Å². The first-order chi connectivity index (χ1) is 9.08. The lowest BCUT2D eigenvalue weighted by molar-refractivity contribution is -0.385. The normalized spacial score (nSPS) is 10.6. The van der Waals surface area contributed by atoms with Gasteiger partial charge in [-0.1, -0.05) is 22.8 Å². The fourth-order valence-electron chi connectivity index (χ4n) is 1.71. The van der Waals surface area contributed by atoms with Crippen LogP contribution in [0.1, 0.15) is 17.0 Å². The quantitative estimate of drug-likeness (QED) is 0.673. The fourth-order valence-corrected chi connectivity index (χ4v) is 1.95. The number of halogens is 1. The van der Waals surface area contributed by atoms with Crippen molar-refractivity contribution < 1.29 is 9.45 Å². The third kappa shape index (κ3) is 3.30. The van der Waals surface area contributed by atoms with Gasteiger partial charge in [-0.25, -0.2) is 0 Å². The van der Waals surface area contributed by atoms with Gasteiger partial charge in [-0.05, 0) is 13.0 Å². The number of hydrogen-bond donors (Lipinski definition) is 1. The van der Waals surface area contributed by atoms with Crippen molar-refractivity contribution in [2.75, 3.05) is 0 Å². The lowest BCUT2D eigenvalue weighted by Gasteiger charge is -2.06. The molecule has 2 aromatic rings. The van der Waals surface area contributed by atoms with Gasteiger partial charge >= 0.3 is 0 Å². The molecule has 100 valence electrons. The van der Waals surface area contributed by atoms with Gasteiger partial charge in [-0.3, -0.25) is 10.1 Å². The number of nitro groups is 1. The SMILES string of the molecule is Cc1cc(CNCc2c(Cl)cccc2[N+](=O)[O-])no1. The Morgan fingerprint density at radius 1 is 1.47 bits per heavy atom. The van der Waals surface area contributed by atoms with E-state index in [0.29, 0.717) is 23.7 Å². The van der Waals surface area contributed by atoms with Gasteiger partial charge in [0.2, 0.25) is 0 Å². The van der Waals surface area contributed by atoms with Crippen LogP contribution in [0.5, 0.6) is 0 Å². The highest BCUT2D eigenvalue weighted by molar-refractivity contribution is 6.31. The Balaban J connectivity index is 2.05. The van der Waals surface area contributed by atoms with Gasteiger partial charge in [0.25, 0.3) is 5.69 Å². The van der Waals surface area contributed by atoms with Gasteiger partial charge in [0.1, 0.15) is 5.76 Å². The van der Waals surface area contributed by atoms with Gasteiger partial charge in [-0.2, -0.15) is 0 Å². The molecule has 1 N–H and O–H groups in total. The van der Waals surface area contributed by atoms with Crippen LogP contribution >= 0.6 is 11.6 Å². The average Bonchev–Trinajstić information content (AvgIpc) is 2.77. The minimum Gasteiger partial charge on any atom is -0.361 e. The molecule has 1 heterocycles. The molecule has 2 rings (SSSR count). The highest BCUT2D eigenvalue weighted by atomic mass is 35.5. The number of hydrogen-bond acceptors (Lipinski definition) is 5. The second-order valence-corrected chi connectivity index (χ2v) is 4.43. The summed E-state index contributed by atoms with van der Waals surface area (Å²) in [5.41, 5.74) is 1.22. The average molecular weight is 282 g/mol. The fraction of sp³-hybridized carbons (Fsp3) is 0.250. The summed E-state index contributed by atoms with van der Waals surface area (Å²) in [6.45, 7) is 2.55. The first-order valence-corrected chi connectivity index (χ1v) is 6.00. The monoisotopic (exact) mass is 281 g/mol. The number of nitrogens with one attached hydrogen (secondary N) is 1. The molecule has 0 spiro atoms. The van der Waals surface area contributed by atoms with Crippen molar-refractivity contribution in [3.63, 3.8) is 0 Å². The highest BCUT2D eigenvalue weighted by Crippen LogP contribution is 2.25. The van der Waals surface area contributed by atoms with Crippen LogP contribution < -0.4 is 5.32 Å². The summed E-state index contributed by atoms with van der Waals surface area (Å²) in [7, 11) is 0. The Morgan fingerprint density at radius 3 is 2.89 bits per heavy atom. The van der Waals surface area contributed by atoms with Crippen LogP contribution in [0.15, 0.2) is 28.8 Å². The van der Waals surface area contributed by atoms with E-state index in [-0.39, 0.29) is 5.69 Å². The number of rotatable bonds is 5. The van der Waals surface area contributed by atoms with E-state index in [0.717, 1.165) is 11.5 Å². The molecule has 0 aliphatic carbocycles. The smallest absolute Gasteiger partial charge is 0.275 e. The van der Waals surface area contributed by atoms with Crippen molar-refractivity contribution in [1.82, 2.24) is 10.5 Å². The molecule has 0 fully saturated rings. The molecule has 0 amide bonds. The van der Waals surface area contributed by atoms with E-state index in [1.165, 1.54) is 6.07 Å². The van der Waals surface area contributed by atoms with Crippen LogP contribution in [0, 0.1) is 17.0 Å². The summed E-state index contributed by atoms with van der Waals surface area (Å²) in [6, 6.07) is 6.42. The number of nitro benzene ring substituents is 1. The minimum absolute atomic E-state index is 0.0105. The molecule has 0 saturated carbocycles. The van der Waals surface area contributed by atoms with Crippen LogP contribution in [0.2, 0.25) is 5.02 Å². The molecule has 0 unspecified atom stereocenters. The van der Waals surface area contributed by atoms with Crippen molar-refractivity contribution in [3.05, 3.63) is 56.4 Å². The number of nitrogens with zero attached hydrogens (tertiary/aromatic N) is 2. The summed E-state index contributed by atoms with van der Waals surface area (Å²) in [6.07, 6.45) is 0.